The van der Waals surface area contributed by atoms with Crippen LogP contribution in [0.15, 0.2) is 10.5 Å². The zero-order valence-corrected chi connectivity index (χ0v) is 8.83. The van der Waals surface area contributed by atoms with Crippen LogP contribution in [-0.2, 0) is 0 Å². The first kappa shape index (κ1) is 9.55. The lowest BCUT2D eigenvalue weighted by atomic mass is 10.1. The van der Waals surface area contributed by atoms with Crippen LogP contribution >= 0.6 is 27.5 Å². The molecule has 0 bridgehead atoms. The first-order valence-corrected chi connectivity index (χ1v) is 4.49. The van der Waals surface area contributed by atoms with E-state index >= 15 is 0 Å². The molecular weight excluding hydrogens is 239 g/mol. The van der Waals surface area contributed by atoms with Crippen molar-refractivity contribution in [2.45, 2.75) is 6.92 Å². The largest absolute Gasteiger partial charge is 0.398 e. The highest BCUT2D eigenvalue weighted by atomic mass is 79.9. The van der Waals surface area contributed by atoms with Gasteiger partial charge in [0.05, 0.1) is 5.02 Å². The van der Waals surface area contributed by atoms with Crippen LogP contribution in [-0.4, -0.2) is 6.21 Å². The second-order valence-corrected chi connectivity index (χ2v) is 3.64. The molecule has 0 aliphatic carbocycles. The third-order valence-corrected chi connectivity index (χ3v) is 3.14. The summed E-state index contributed by atoms with van der Waals surface area (Å²) in [7, 11) is 0. The van der Waals surface area contributed by atoms with Gasteiger partial charge in [0, 0.05) is 21.9 Å². The monoisotopic (exact) mass is 246 g/mol. The van der Waals surface area contributed by atoms with Gasteiger partial charge < -0.3 is 11.1 Å². The van der Waals surface area contributed by atoms with E-state index in [-0.39, 0.29) is 0 Å². The molecule has 3 N–H and O–H groups in total. The van der Waals surface area contributed by atoms with Crippen molar-refractivity contribution in [2.24, 2.45) is 0 Å². The van der Waals surface area contributed by atoms with E-state index < -0.39 is 0 Å². The van der Waals surface area contributed by atoms with Crippen LogP contribution < -0.4 is 5.73 Å². The average Bonchev–Trinajstić information content (AvgIpc) is 2.01. The Morgan fingerprint density at radius 1 is 1.67 bits per heavy atom. The SMILES string of the molecule is Cc1cc(N)c(C=N)c(Br)c1Cl. The summed E-state index contributed by atoms with van der Waals surface area (Å²) in [4.78, 5) is 0. The summed E-state index contributed by atoms with van der Waals surface area (Å²) in [6.07, 6.45) is 1.19. The van der Waals surface area contributed by atoms with E-state index in [4.69, 9.17) is 22.7 Å². The molecule has 1 aromatic rings. The molecule has 0 heterocycles. The highest BCUT2D eigenvalue weighted by molar-refractivity contribution is 9.10. The van der Waals surface area contributed by atoms with E-state index in [1.807, 2.05) is 6.92 Å². The van der Waals surface area contributed by atoms with Crippen LogP contribution in [0.5, 0.6) is 0 Å². The highest BCUT2D eigenvalue weighted by Gasteiger charge is 2.08. The quantitative estimate of drug-likeness (QED) is 0.582. The first-order valence-electron chi connectivity index (χ1n) is 3.32. The Kier molecular flexibility index (Phi) is 2.75. The number of nitrogen functional groups attached to an aromatic ring is 1. The molecule has 0 atom stereocenters. The standard InChI is InChI=1S/C8H8BrClN2/c1-4-2-6(12)5(3-11)7(9)8(4)10/h2-3,11H,12H2,1H3. The van der Waals surface area contributed by atoms with Crippen molar-refractivity contribution in [3.05, 3.63) is 26.7 Å². The van der Waals surface area contributed by atoms with Crippen LogP contribution in [0.25, 0.3) is 0 Å². The van der Waals surface area contributed by atoms with E-state index in [1.165, 1.54) is 6.21 Å². The zero-order valence-electron chi connectivity index (χ0n) is 6.49. The zero-order chi connectivity index (χ0) is 9.30. The van der Waals surface area contributed by atoms with Crippen molar-refractivity contribution in [1.29, 1.82) is 5.41 Å². The fourth-order valence-electron chi connectivity index (χ4n) is 0.939. The molecule has 0 unspecified atom stereocenters. The number of nitrogens with two attached hydrogens (primary N) is 1. The fourth-order valence-corrected chi connectivity index (χ4v) is 1.75. The number of nitrogens with one attached hydrogen (secondary N) is 1. The van der Waals surface area contributed by atoms with Crippen molar-refractivity contribution in [2.75, 3.05) is 5.73 Å². The Morgan fingerprint density at radius 2 is 2.25 bits per heavy atom. The third-order valence-electron chi connectivity index (χ3n) is 1.60. The number of anilines is 1. The Morgan fingerprint density at radius 3 is 2.75 bits per heavy atom. The van der Waals surface area contributed by atoms with Crippen molar-refractivity contribution in [1.82, 2.24) is 0 Å². The van der Waals surface area contributed by atoms with Crippen molar-refractivity contribution < 1.29 is 0 Å². The maximum absolute atomic E-state index is 7.10. The molecule has 0 aromatic heterocycles. The van der Waals surface area contributed by atoms with Gasteiger partial charge >= 0.3 is 0 Å². The molecule has 0 spiro atoms. The van der Waals surface area contributed by atoms with E-state index in [0.717, 1.165) is 5.56 Å². The molecule has 4 heteroatoms. The lowest BCUT2D eigenvalue weighted by molar-refractivity contribution is 1.43. The summed E-state index contributed by atoms with van der Waals surface area (Å²) in [5.74, 6) is 0. The molecule has 0 saturated carbocycles. The minimum Gasteiger partial charge on any atom is -0.398 e. The molecule has 12 heavy (non-hydrogen) atoms. The predicted molar refractivity (Wildman–Crippen MR) is 56.2 cm³/mol. The lowest BCUT2D eigenvalue weighted by Crippen LogP contribution is -1.96. The summed E-state index contributed by atoms with van der Waals surface area (Å²) in [5.41, 5.74) is 7.77. The second-order valence-electron chi connectivity index (χ2n) is 2.47. The molecule has 0 amide bonds. The second kappa shape index (κ2) is 3.46. The Balaban J connectivity index is 3.51. The van der Waals surface area contributed by atoms with Gasteiger partial charge in [-0.1, -0.05) is 11.6 Å². The van der Waals surface area contributed by atoms with Crippen LogP contribution in [0.1, 0.15) is 11.1 Å². The van der Waals surface area contributed by atoms with Gasteiger partial charge in [-0.3, -0.25) is 0 Å². The summed E-state index contributed by atoms with van der Waals surface area (Å²) < 4.78 is 0.691. The van der Waals surface area contributed by atoms with E-state index in [1.54, 1.807) is 6.07 Å². The molecule has 64 valence electrons. The number of halogens is 2. The van der Waals surface area contributed by atoms with Gasteiger partial charge in [-0.05, 0) is 34.5 Å². The highest BCUT2D eigenvalue weighted by Crippen LogP contribution is 2.32. The van der Waals surface area contributed by atoms with Gasteiger partial charge in [0.1, 0.15) is 0 Å². The molecule has 0 aliphatic heterocycles. The first-order chi connectivity index (χ1) is 5.57. The smallest absolute Gasteiger partial charge is 0.0585 e. The van der Waals surface area contributed by atoms with Crippen molar-refractivity contribution in [3.63, 3.8) is 0 Å². The normalized spacial score (nSPS) is 9.92. The van der Waals surface area contributed by atoms with Gasteiger partial charge in [0.15, 0.2) is 0 Å². The number of rotatable bonds is 1. The van der Waals surface area contributed by atoms with Gasteiger partial charge in [0.2, 0.25) is 0 Å². The summed E-state index contributed by atoms with van der Waals surface area (Å²) >= 11 is 9.21. The molecule has 0 aliphatic rings. The van der Waals surface area contributed by atoms with E-state index in [0.29, 0.717) is 20.7 Å². The van der Waals surface area contributed by atoms with E-state index in [9.17, 15) is 0 Å². The van der Waals surface area contributed by atoms with Gasteiger partial charge in [-0.15, -0.1) is 0 Å². The molecule has 1 rings (SSSR count). The Bertz CT molecular complexity index is 336. The molecule has 0 radical (unpaired) electrons. The maximum Gasteiger partial charge on any atom is 0.0585 e. The molecule has 0 saturated heterocycles. The predicted octanol–water partition coefficient (Wildman–Crippen LogP) is 2.99. The summed E-state index contributed by atoms with van der Waals surface area (Å²) in [6, 6.07) is 1.76. The fraction of sp³-hybridized carbons (Fsp3) is 0.125. The van der Waals surface area contributed by atoms with Gasteiger partial charge in [-0.2, -0.15) is 0 Å². The van der Waals surface area contributed by atoms with Crippen molar-refractivity contribution >= 4 is 39.4 Å². The topological polar surface area (TPSA) is 49.9 Å². The maximum atomic E-state index is 7.10. The Hall–Kier alpha value is -0.540. The minimum atomic E-state index is 0.568. The minimum absolute atomic E-state index is 0.568. The summed E-state index contributed by atoms with van der Waals surface area (Å²) in [6.45, 7) is 1.87. The number of hydrogen-bond donors (Lipinski definition) is 2. The number of hydrogen-bond acceptors (Lipinski definition) is 2. The molecule has 1 aromatic carbocycles. The number of aryl methyl sites for hydroxylation is 1. The summed E-state index contributed by atoms with van der Waals surface area (Å²) in [5, 5.41) is 7.71. The number of benzene rings is 1. The Labute approximate surface area is 84.4 Å². The third kappa shape index (κ3) is 1.47. The lowest BCUT2D eigenvalue weighted by Gasteiger charge is -2.07. The molecule has 2 nitrogen and oxygen atoms in total. The van der Waals surface area contributed by atoms with E-state index in [2.05, 4.69) is 15.9 Å². The van der Waals surface area contributed by atoms with Crippen LogP contribution in [0.2, 0.25) is 5.02 Å². The van der Waals surface area contributed by atoms with Crippen molar-refractivity contribution in [3.8, 4) is 0 Å². The van der Waals surface area contributed by atoms with Crippen LogP contribution in [0.3, 0.4) is 0 Å². The molecular formula is C8H8BrClN2. The van der Waals surface area contributed by atoms with Gasteiger partial charge in [-0.25, -0.2) is 0 Å². The van der Waals surface area contributed by atoms with Crippen LogP contribution in [0.4, 0.5) is 5.69 Å². The molecule has 0 fully saturated rings. The van der Waals surface area contributed by atoms with Gasteiger partial charge in [0.25, 0.3) is 0 Å². The van der Waals surface area contributed by atoms with Crippen LogP contribution in [0, 0.1) is 12.3 Å². The average molecular weight is 248 g/mol.